The predicted molar refractivity (Wildman–Crippen MR) is 136 cm³/mol. The molecule has 0 unspecified atom stereocenters. The van der Waals surface area contributed by atoms with E-state index in [9.17, 15) is 4.79 Å². The predicted octanol–water partition coefficient (Wildman–Crippen LogP) is 6.06. The van der Waals surface area contributed by atoms with Crippen molar-refractivity contribution in [2.45, 2.75) is 38.8 Å². The van der Waals surface area contributed by atoms with Gasteiger partial charge in [0.25, 0.3) is 0 Å². The molecular weight excluding hydrogens is 438 g/mol. The van der Waals surface area contributed by atoms with Crippen LogP contribution in [-0.4, -0.2) is 22.1 Å². The van der Waals surface area contributed by atoms with Crippen LogP contribution in [0.2, 0.25) is 0 Å². The lowest BCUT2D eigenvalue weighted by atomic mass is 9.85. The van der Waals surface area contributed by atoms with Crippen LogP contribution in [0.25, 0.3) is 0 Å². The van der Waals surface area contributed by atoms with Gasteiger partial charge in [-0.25, -0.2) is 4.98 Å². The van der Waals surface area contributed by atoms with Crippen LogP contribution >= 0.6 is 0 Å². The Labute approximate surface area is 205 Å². The monoisotopic (exact) mass is 467 g/mol. The van der Waals surface area contributed by atoms with Crippen LogP contribution in [-0.2, 0) is 22.7 Å². The highest BCUT2D eigenvalue weighted by Gasteiger charge is 2.29. The minimum atomic E-state index is -0.0666. The van der Waals surface area contributed by atoms with Crippen LogP contribution in [0.1, 0.15) is 41.0 Å². The van der Waals surface area contributed by atoms with Gasteiger partial charge in [0.05, 0.1) is 12.9 Å². The van der Waals surface area contributed by atoms with E-state index in [0.29, 0.717) is 19.6 Å². The van der Waals surface area contributed by atoms with Crippen molar-refractivity contribution in [1.29, 1.82) is 0 Å². The Bertz CT molecular complexity index is 1250. The Kier molecular flexibility index (Phi) is 6.91. The van der Waals surface area contributed by atoms with E-state index in [4.69, 9.17) is 9.47 Å². The van der Waals surface area contributed by atoms with Crippen LogP contribution in [0.4, 0.5) is 5.69 Å². The number of fused-ring (bicyclic) bond motifs is 2. The first-order chi connectivity index (χ1) is 17.2. The molecule has 1 aliphatic heterocycles. The maximum absolute atomic E-state index is 13.3. The average molecular weight is 468 g/mol. The third kappa shape index (κ3) is 5.28. The molecule has 178 valence electrons. The normalized spacial score (nSPS) is 12.5. The van der Waals surface area contributed by atoms with E-state index in [-0.39, 0.29) is 11.8 Å². The number of hydrogen-bond acceptors (Lipinski definition) is 4. The van der Waals surface area contributed by atoms with Crippen LogP contribution < -0.4 is 10.1 Å². The highest BCUT2D eigenvalue weighted by molar-refractivity contribution is 5.93. The van der Waals surface area contributed by atoms with Gasteiger partial charge >= 0.3 is 0 Å². The second-order valence-corrected chi connectivity index (χ2v) is 8.80. The number of hydrogen-bond donors (Lipinski definition) is 1. The van der Waals surface area contributed by atoms with Crippen molar-refractivity contribution in [2.75, 3.05) is 11.9 Å². The summed E-state index contributed by atoms with van der Waals surface area (Å²) in [5.41, 5.74) is 4.90. The summed E-state index contributed by atoms with van der Waals surface area (Å²) in [5.74, 6) is 1.52. The number of imidazole rings is 1. The second kappa shape index (κ2) is 10.6. The van der Waals surface area contributed by atoms with E-state index < -0.39 is 0 Å². The third-order valence-electron chi connectivity index (χ3n) is 6.34. The molecule has 0 spiro atoms. The fourth-order valence-corrected chi connectivity index (χ4v) is 4.58. The highest BCUT2D eigenvalue weighted by atomic mass is 16.5. The summed E-state index contributed by atoms with van der Waals surface area (Å²) in [5, 5.41) is 3.18. The number of aryl methyl sites for hydroxylation is 2. The molecule has 3 aromatic carbocycles. The van der Waals surface area contributed by atoms with Crippen molar-refractivity contribution in [3.8, 4) is 11.5 Å². The largest absolute Gasteiger partial charge is 0.457 e. The number of benzene rings is 3. The van der Waals surface area contributed by atoms with Crippen LogP contribution in [0.5, 0.6) is 11.5 Å². The van der Waals surface area contributed by atoms with Gasteiger partial charge in [0.1, 0.15) is 11.5 Å². The third-order valence-corrected chi connectivity index (χ3v) is 6.34. The molecule has 0 bridgehead atoms. The van der Waals surface area contributed by atoms with Crippen molar-refractivity contribution in [3.63, 3.8) is 0 Å². The van der Waals surface area contributed by atoms with Crippen molar-refractivity contribution in [3.05, 3.63) is 108 Å². The number of amides is 1. The minimum absolute atomic E-state index is 0.0304. The zero-order valence-corrected chi connectivity index (χ0v) is 19.8. The number of carbonyl (C=O) groups is 1. The molecule has 1 amide bonds. The van der Waals surface area contributed by atoms with Gasteiger partial charge in [0.15, 0.2) is 0 Å². The van der Waals surface area contributed by atoms with E-state index in [2.05, 4.69) is 10.3 Å². The van der Waals surface area contributed by atoms with E-state index in [1.54, 1.807) is 6.20 Å². The Balaban J connectivity index is 1.26. The molecule has 0 radical (unpaired) electrons. The van der Waals surface area contributed by atoms with E-state index in [0.717, 1.165) is 52.4 Å². The smallest absolute Gasteiger partial charge is 0.225 e. The highest BCUT2D eigenvalue weighted by Crippen LogP contribution is 2.45. The Morgan fingerprint density at radius 2 is 1.77 bits per heavy atom. The maximum atomic E-state index is 13.3. The molecule has 0 aliphatic carbocycles. The summed E-state index contributed by atoms with van der Waals surface area (Å²) in [6.45, 7) is 3.96. The SMILES string of the molecule is Cc1cccc(COCCCn2ccnc2)c1NC(=O)CC1c2ccccc2Oc2ccccc21. The summed E-state index contributed by atoms with van der Waals surface area (Å²) in [6.07, 6.45) is 6.76. The van der Waals surface area contributed by atoms with Crippen LogP contribution in [0.15, 0.2) is 85.5 Å². The van der Waals surface area contributed by atoms with Crippen molar-refractivity contribution < 1.29 is 14.3 Å². The molecule has 35 heavy (non-hydrogen) atoms. The van der Waals surface area contributed by atoms with Gasteiger partial charge in [0, 0.05) is 60.3 Å². The van der Waals surface area contributed by atoms with E-state index in [1.165, 1.54) is 0 Å². The Morgan fingerprint density at radius 3 is 2.49 bits per heavy atom. The number of ether oxygens (including phenoxy) is 2. The number of nitrogens with one attached hydrogen (secondary N) is 1. The molecular formula is C29H29N3O3. The number of nitrogens with zero attached hydrogens (tertiary/aromatic N) is 2. The summed E-state index contributed by atoms with van der Waals surface area (Å²) >= 11 is 0. The van der Waals surface area contributed by atoms with Gasteiger partial charge in [-0.1, -0.05) is 54.6 Å². The van der Waals surface area contributed by atoms with Crippen molar-refractivity contribution in [2.24, 2.45) is 0 Å². The molecule has 2 heterocycles. The standard InChI is InChI=1S/C29H29N3O3/c1-21-8-6-9-22(19-34-17-7-15-32-16-14-30-20-32)29(21)31-28(33)18-25-23-10-2-4-12-26(23)35-27-13-5-3-11-24(25)27/h2-6,8-14,16,20,25H,7,15,17-19H2,1H3,(H,31,33). The molecule has 1 N–H and O–H groups in total. The van der Waals surface area contributed by atoms with Gasteiger partial charge in [-0.2, -0.15) is 0 Å². The van der Waals surface area contributed by atoms with Gasteiger partial charge in [-0.3, -0.25) is 4.79 Å². The van der Waals surface area contributed by atoms with Crippen LogP contribution in [0, 0.1) is 6.92 Å². The lowest BCUT2D eigenvalue weighted by molar-refractivity contribution is -0.116. The molecule has 1 aliphatic rings. The average Bonchev–Trinajstić information content (AvgIpc) is 3.39. The first kappa shape index (κ1) is 22.9. The lowest BCUT2D eigenvalue weighted by Crippen LogP contribution is -2.20. The summed E-state index contributed by atoms with van der Waals surface area (Å²) in [7, 11) is 0. The fraction of sp³-hybridized carbons (Fsp3) is 0.241. The molecule has 0 saturated heterocycles. The zero-order chi connectivity index (χ0) is 24.0. The first-order valence-electron chi connectivity index (χ1n) is 12.0. The lowest BCUT2D eigenvalue weighted by Gasteiger charge is -2.28. The molecule has 0 fully saturated rings. The summed E-state index contributed by atoms with van der Waals surface area (Å²) in [6, 6.07) is 21.9. The molecule has 0 saturated carbocycles. The Morgan fingerprint density at radius 1 is 1.03 bits per heavy atom. The number of aromatic nitrogens is 2. The minimum Gasteiger partial charge on any atom is -0.457 e. The van der Waals surface area contributed by atoms with Crippen molar-refractivity contribution in [1.82, 2.24) is 9.55 Å². The fourth-order valence-electron chi connectivity index (χ4n) is 4.58. The van der Waals surface area contributed by atoms with Gasteiger partial charge < -0.3 is 19.4 Å². The molecule has 6 heteroatoms. The maximum Gasteiger partial charge on any atom is 0.225 e. The van der Waals surface area contributed by atoms with Crippen molar-refractivity contribution >= 4 is 11.6 Å². The van der Waals surface area contributed by atoms with Gasteiger partial charge in [-0.15, -0.1) is 0 Å². The van der Waals surface area contributed by atoms with Gasteiger partial charge in [0.2, 0.25) is 5.91 Å². The molecule has 4 aromatic rings. The van der Waals surface area contributed by atoms with E-state index in [1.807, 2.05) is 90.7 Å². The Hall–Kier alpha value is -3.90. The zero-order valence-electron chi connectivity index (χ0n) is 19.8. The van der Waals surface area contributed by atoms with Gasteiger partial charge in [-0.05, 0) is 31.0 Å². The molecule has 0 atom stereocenters. The quantitative estimate of drug-likeness (QED) is 0.304. The number of anilines is 1. The van der Waals surface area contributed by atoms with Crippen LogP contribution in [0.3, 0.4) is 0 Å². The second-order valence-electron chi connectivity index (χ2n) is 8.80. The van der Waals surface area contributed by atoms with E-state index >= 15 is 0 Å². The summed E-state index contributed by atoms with van der Waals surface area (Å²) in [4.78, 5) is 17.4. The molecule has 1 aromatic heterocycles. The molecule has 6 nitrogen and oxygen atoms in total. The summed E-state index contributed by atoms with van der Waals surface area (Å²) < 4.78 is 14.1. The first-order valence-corrected chi connectivity index (χ1v) is 12.0. The topological polar surface area (TPSA) is 65.4 Å². The molecule has 5 rings (SSSR count). The number of carbonyl (C=O) groups excluding carboxylic acids is 1. The number of rotatable bonds is 9. The number of para-hydroxylation sites is 3.